The van der Waals surface area contributed by atoms with Crippen LogP contribution in [0.25, 0.3) is 33.4 Å². The molecule has 1 aliphatic carbocycles. The third-order valence-corrected chi connectivity index (χ3v) is 7.17. The minimum atomic E-state index is -0.377. The average Bonchev–Trinajstić information content (AvgIpc) is 3.75. The van der Waals surface area contributed by atoms with Gasteiger partial charge in [-0.15, -0.1) is 0 Å². The second-order valence-electron chi connectivity index (χ2n) is 9.73. The molecular weight excluding hydrogens is 507 g/mol. The predicted molar refractivity (Wildman–Crippen MR) is 153 cm³/mol. The van der Waals surface area contributed by atoms with E-state index in [-0.39, 0.29) is 23.7 Å². The Hall–Kier alpha value is -4.91. The van der Waals surface area contributed by atoms with E-state index in [4.69, 9.17) is 9.15 Å². The highest BCUT2D eigenvalue weighted by atomic mass is 19.1. The zero-order chi connectivity index (χ0) is 27.8. The molecule has 1 aromatic heterocycles. The van der Waals surface area contributed by atoms with Crippen LogP contribution in [0.1, 0.15) is 33.6 Å². The summed E-state index contributed by atoms with van der Waals surface area (Å²) in [6, 6.07) is 26.7. The number of amides is 2. The summed E-state index contributed by atoms with van der Waals surface area (Å²) in [6.45, 7) is 0. The standard InChI is InChI=1S/C33H27FN2O4/c1-35-32(37)29-27-19-21(13-18-28(27)40-30(29)20-11-14-22(34)15-12-20)25-9-6-10-26(31(25)39-2)33(38)36(24-16-17-24)23-7-4-3-5-8-23/h3-15,18-19,24H,16-17H2,1-2H3,(H,35,37). The molecule has 5 aromatic rings. The molecule has 0 radical (unpaired) electrons. The molecule has 1 saturated carbocycles. The van der Waals surface area contributed by atoms with Crippen molar-refractivity contribution in [3.05, 3.63) is 108 Å². The van der Waals surface area contributed by atoms with Crippen molar-refractivity contribution in [2.45, 2.75) is 18.9 Å². The van der Waals surface area contributed by atoms with E-state index >= 15 is 0 Å². The quantitative estimate of drug-likeness (QED) is 0.242. The monoisotopic (exact) mass is 534 g/mol. The first kappa shape index (κ1) is 25.4. The Kier molecular flexibility index (Phi) is 6.56. The van der Waals surface area contributed by atoms with E-state index in [1.807, 2.05) is 59.5 Å². The van der Waals surface area contributed by atoms with Gasteiger partial charge in [-0.25, -0.2) is 4.39 Å². The topological polar surface area (TPSA) is 71.8 Å². The number of fused-ring (bicyclic) bond motifs is 1. The Balaban J connectivity index is 1.47. The number of hydrogen-bond donors (Lipinski definition) is 1. The molecular formula is C33H27FN2O4. The SMILES string of the molecule is CNC(=O)c1c(-c2ccc(F)cc2)oc2ccc(-c3cccc(C(=O)N(c4ccccc4)C4CC4)c3OC)cc12. The van der Waals surface area contributed by atoms with Crippen molar-refractivity contribution in [1.82, 2.24) is 5.32 Å². The van der Waals surface area contributed by atoms with Crippen LogP contribution in [-0.2, 0) is 0 Å². The van der Waals surface area contributed by atoms with Gasteiger partial charge in [-0.05, 0) is 73.0 Å². The second kappa shape index (κ2) is 10.3. The number of methoxy groups -OCH3 is 1. The highest BCUT2D eigenvalue weighted by Crippen LogP contribution is 2.41. The van der Waals surface area contributed by atoms with Crippen LogP contribution < -0.4 is 15.0 Å². The molecule has 1 N–H and O–H groups in total. The van der Waals surface area contributed by atoms with E-state index in [0.717, 1.165) is 24.1 Å². The Bertz CT molecular complexity index is 1720. The molecule has 1 fully saturated rings. The molecule has 0 unspecified atom stereocenters. The van der Waals surface area contributed by atoms with E-state index in [1.165, 1.54) is 12.1 Å². The number of benzene rings is 4. The lowest BCUT2D eigenvalue weighted by molar-refractivity contribution is 0.0961. The molecule has 1 heterocycles. The highest BCUT2D eigenvalue weighted by molar-refractivity contribution is 6.13. The van der Waals surface area contributed by atoms with Crippen molar-refractivity contribution in [1.29, 1.82) is 0 Å². The zero-order valence-electron chi connectivity index (χ0n) is 22.1. The lowest BCUT2D eigenvalue weighted by Gasteiger charge is -2.24. The number of carbonyl (C=O) groups is 2. The van der Waals surface area contributed by atoms with E-state index in [2.05, 4.69) is 5.32 Å². The Labute approximate surface area is 231 Å². The molecule has 0 bridgehead atoms. The van der Waals surface area contributed by atoms with Crippen LogP contribution in [0.5, 0.6) is 5.75 Å². The number of halogens is 1. The smallest absolute Gasteiger partial charge is 0.262 e. The summed E-state index contributed by atoms with van der Waals surface area (Å²) in [5, 5.41) is 3.28. The van der Waals surface area contributed by atoms with Crippen molar-refractivity contribution >= 4 is 28.5 Å². The van der Waals surface area contributed by atoms with E-state index in [1.54, 1.807) is 38.4 Å². The van der Waals surface area contributed by atoms with Gasteiger partial charge in [0, 0.05) is 35.3 Å². The summed E-state index contributed by atoms with van der Waals surface area (Å²) in [4.78, 5) is 28.8. The van der Waals surface area contributed by atoms with Gasteiger partial charge in [0.05, 0.1) is 18.2 Å². The van der Waals surface area contributed by atoms with Gasteiger partial charge in [-0.1, -0.05) is 36.4 Å². The van der Waals surface area contributed by atoms with Crippen molar-refractivity contribution in [3.63, 3.8) is 0 Å². The van der Waals surface area contributed by atoms with Crippen molar-refractivity contribution in [2.24, 2.45) is 0 Å². The number of anilines is 1. The summed E-state index contributed by atoms with van der Waals surface area (Å²) < 4.78 is 25.5. The van der Waals surface area contributed by atoms with Gasteiger partial charge in [-0.3, -0.25) is 9.59 Å². The molecule has 7 heteroatoms. The van der Waals surface area contributed by atoms with Gasteiger partial charge in [0.15, 0.2) is 0 Å². The number of hydrogen-bond acceptors (Lipinski definition) is 4. The first-order valence-electron chi connectivity index (χ1n) is 13.1. The lowest BCUT2D eigenvalue weighted by atomic mass is 9.97. The van der Waals surface area contributed by atoms with Gasteiger partial charge < -0.3 is 19.4 Å². The maximum absolute atomic E-state index is 13.9. The van der Waals surface area contributed by atoms with Crippen LogP contribution in [0.3, 0.4) is 0 Å². The molecule has 40 heavy (non-hydrogen) atoms. The van der Waals surface area contributed by atoms with Crippen LogP contribution in [0, 0.1) is 5.82 Å². The Morgan fingerprint density at radius 1 is 0.925 bits per heavy atom. The summed E-state index contributed by atoms with van der Waals surface area (Å²) in [5.41, 5.74) is 4.23. The van der Waals surface area contributed by atoms with Gasteiger partial charge in [0.1, 0.15) is 22.9 Å². The normalized spacial score (nSPS) is 12.8. The van der Waals surface area contributed by atoms with Gasteiger partial charge in [-0.2, -0.15) is 0 Å². The van der Waals surface area contributed by atoms with Crippen molar-refractivity contribution in [2.75, 3.05) is 19.1 Å². The minimum Gasteiger partial charge on any atom is -0.495 e. The molecule has 0 saturated heterocycles. The van der Waals surface area contributed by atoms with Crippen molar-refractivity contribution in [3.8, 4) is 28.2 Å². The first-order chi connectivity index (χ1) is 19.5. The van der Waals surface area contributed by atoms with E-state index < -0.39 is 0 Å². The molecule has 6 nitrogen and oxygen atoms in total. The van der Waals surface area contributed by atoms with Gasteiger partial charge in [0.2, 0.25) is 0 Å². The predicted octanol–water partition coefficient (Wildman–Crippen LogP) is 7.08. The molecule has 2 amide bonds. The van der Waals surface area contributed by atoms with Crippen LogP contribution in [0.2, 0.25) is 0 Å². The Morgan fingerprint density at radius 2 is 1.65 bits per heavy atom. The van der Waals surface area contributed by atoms with E-state index in [0.29, 0.717) is 44.7 Å². The van der Waals surface area contributed by atoms with Gasteiger partial charge in [0.25, 0.3) is 11.8 Å². The number of furan rings is 1. The molecule has 1 aliphatic rings. The number of carbonyl (C=O) groups excluding carboxylic acids is 2. The number of para-hydroxylation sites is 2. The highest BCUT2D eigenvalue weighted by Gasteiger charge is 2.35. The third kappa shape index (κ3) is 4.49. The number of nitrogens with one attached hydrogen (secondary N) is 1. The number of nitrogens with zero attached hydrogens (tertiary/aromatic N) is 1. The molecule has 4 aromatic carbocycles. The molecule has 6 rings (SSSR count). The number of ether oxygens (including phenoxy) is 1. The second-order valence-corrected chi connectivity index (χ2v) is 9.73. The summed E-state index contributed by atoms with van der Waals surface area (Å²) in [7, 11) is 3.11. The number of rotatable bonds is 7. The van der Waals surface area contributed by atoms with Crippen LogP contribution in [-0.4, -0.2) is 32.0 Å². The summed E-state index contributed by atoms with van der Waals surface area (Å²) >= 11 is 0. The van der Waals surface area contributed by atoms with Gasteiger partial charge >= 0.3 is 0 Å². The molecule has 200 valence electrons. The minimum absolute atomic E-state index is 0.124. The average molecular weight is 535 g/mol. The van der Waals surface area contributed by atoms with E-state index in [9.17, 15) is 14.0 Å². The fourth-order valence-corrected chi connectivity index (χ4v) is 5.12. The van der Waals surface area contributed by atoms with Crippen LogP contribution in [0.4, 0.5) is 10.1 Å². The largest absolute Gasteiger partial charge is 0.495 e. The third-order valence-electron chi connectivity index (χ3n) is 7.17. The van der Waals surface area contributed by atoms with Crippen LogP contribution in [0.15, 0.2) is 95.4 Å². The fourth-order valence-electron chi connectivity index (χ4n) is 5.12. The van der Waals surface area contributed by atoms with Crippen molar-refractivity contribution < 1.29 is 23.1 Å². The summed E-state index contributed by atoms with van der Waals surface area (Å²) in [5.74, 6) is -0.0179. The Morgan fingerprint density at radius 3 is 2.33 bits per heavy atom. The maximum Gasteiger partial charge on any atom is 0.262 e. The maximum atomic E-state index is 13.9. The zero-order valence-corrected chi connectivity index (χ0v) is 22.1. The lowest BCUT2D eigenvalue weighted by Crippen LogP contribution is -2.33. The molecule has 0 atom stereocenters. The van der Waals surface area contributed by atoms with Crippen LogP contribution >= 0.6 is 0 Å². The fraction of sp³-hybridized carbons (Fsp3) is 0.152. The first-order valence-corrected chi connectivity index (χ1v) is 13.1. The summed E-state index contributed by atoms with van der Waals surface area (Å²) in [6.07, 6.45) is 1.91. The molecule has 0 spiro atoms. The molecule has 0 aliphatic heterocycles.